The molecule has 1 aliphatic rings. The van der Waals surface area contributed by atoms with Gasteiger partial charge in [-0.15, -0.1) is 12.4 Å². The van der Waals surface area contributed by atoms with Gasteiger partial charge in [0.15, 0.2) is 6.10 Å². The normalized spacial score (nSPS) is 18.2. The minimum atomic E-state index is -0.582. The Labute approximate surface area is 164 Å². The SMILES string of the molecule is Cc1cc(OC(C)C(=O)N2CCNCC2c2nccn2C)ccc1Cl.Cl. The van der Waals surface area contributed by atoms with Crippen LogP contribution in [0.3, 0.4) is 0 Å². The predicted molar refractivity (Wildman–Crippen MR) is 104 cm³/mol. The number of aryl methyl sites for hydroxylation is 2. The van der Waals surface area contributed by atoms with Crippen molar-refractivity contribution < 1.29 is 9.53 Å². The Morgan fingerprint density at radius 2 is 2.23 bits per heavy atom. The molecule has 0 saturated carbocycles. The van der Waals surface area contributed by atoms with Crippen molar-refractivity contribution in [2.24, 2.45) is 7.05 Å². The summed E-state index contributed by atoms with van der Waals surface area (Å²) in [6.07, 6.45) is 3.06. The third-order valence-corrected chi connectivity index (χ3v) is 4.90. The number of benzene rings is 1. The zero-order valence-electron chi connectivity index (χ0n) is 15.1. The first-order chi connectivity index (χ1) is 12.0. The van der Waals surface area contributed by atoms with Crippen LogP contribution < -0.4 is 10.1 Å². The first-order valence-corrected chi connectivity index (χ1v) is 8.76. The second-order valence-electron chi connectivity index (χ2n) is 6.32. The van der Waals surface area contributed by atoms with E-state index in [9.17, 15) is 4.79 Å². The van der Waals surface area contributed by atoms with E-state index in [2.05, 4.69) is 10.3 Å². The average Bonchev–Trinajstić information content (AvgIpc) is 3.03. The molecule has 8 heteroatoms. The van der Waals surface area contributed by atoms with E-state index in [1.807, 2.05) is 35.7 Å². The van der Waals surface area contributed by atoms with Gasteiger partial charge in [-0.25, -0.2) is 4.98 Å². The third kappa shape index (κ3) is 4.31. The fraction of sp³-hybridized carbons (Fsp3) is 0.444. The third-order valence-electron chi connectivity index (χ3n) is 4.47. The zero-order chi connectivity index (χ0) is 18.0. The van der Waals surface area contributed by atoms with Crippen LogP contribution in [-0.2, 0) is 11.8 Å². The number of hydrogen-bond donors (Lipinski definition) is 1. The van der Waals surface area contributed by atoms with Gasteiger partial charge in [-0.2, -0.15) is 0 Å². The van der Waals surface area contributed by atoms with Crippen LogP contribution in [0.1, 0.15) is 24.4 Å². The highest BCUT2D eigenvalue weighted by molar-refractivity contribution is 6.31. The molecule has 1 fully saturated rings. The van der Waals surface area contributed by atoms with Gasteiger partial charge in [0.1, 0.15) is 17.6 Å². The van der Waals surface area contributed by atoms with Gasteiger partial charge in [0.05, 0.1) is 0 Å². The number of amides is 1. The molecule has 1 amide bonds. The Balaban J connectivity index is 0.00000243. The maximum absolute atomic E-state index is 13.0. The monoisotopic (exact) mass is 398 g/mol. The van der Waals surface area contributed by atoms with Crippen molar-refractivity contribution in [3.63, 3.8) is 0 Å². The van der Waals surface area contributed by atoms with Gasteiger partial charge in [-0.1, -0.05) is 11.6 Å². The van der Waals surface area contributed by atoms with Crippen molar-refractivity contribution in [2.75, 3.05) is 19.6 Å². The number of aromatic nitrogens is 2. The number of carbonyl (C=O) groups excluding carboxylic acids is 1. The highest BCUT2D eigenvalue weighted by atomic mass is 35.5. The lowest BCUT2D eigenvalue weighted by atomic mass is 10.1. The van der Waals surface area contributed by atoms with Crippen molar-refractivity contribution in [1.29, 1.82) is 0 Å². The van der Waals surface area contributed by atoms with Crippen LogP contribution in [-0.4, -0.2) is 46.1 Å². The molecule has 0 spiro atoms. The second-order valence-corrected chi connectivity index (χ2v) is 6.73. The largest absolute Gasteiger partial charge is 0.481 e. The number of halogens is 2. The molecule has 1 aromatic heterocycles. The van der Waals surface area contributed by atoms with Crippen LogP contribution in [0.15, 0.2) is 30.6 Å². The molecule has 1 N–H and O–H groups in total. The van der Waals surface area contributed by atoms with Gasteiger partial charge in [-0.3, -0.25) is 4.79 Å². The molecule has 26 heavy (non-hydrogen) atoms. The molecule has 3 rings (SSSR count). The average molecular weight is 399 g/mol. The highest BCUT2D eigenvalue weighted by Crippen LogP contribution is 2.24. The molecule has 1 aromatic carbocycles. The van der Waals surface area contributed by atoms with Crippen LogP contribution in [0.5, 0.6) is 5.75 Å². The number of piperazine rings is 1. The minimum absolute atomic E-state index is 0. The molecular weight excluding hydrogens is 375 g/mol. The van der Waals surface area contributed by atoms with Crippen molar-refractivity contribution in [1.82, 2.24) is 19.8 Å². The molecule has 6 nitrogen and oxygen atoms in total. The van der Waals surface area contributed by atoms with E-state index in [0.717, 1.165) is 17.9 Å². The van der Waals surface area contributed by atoms with Crippen LogP contribution in [0.4, 0.5) is 0 Å². The lowest BCUT2D eigenvalue weighted by Crippen LogP contribution is -2.52. The standard InChI is InChI=1S/C18H23ClN4O2.ClH/c1-12-10-14(4-5-15(12)19)25-13(2)18(24)23-9-6-20-11-16(23)17-21-7-8-22(17)3;/h4-5,7-8,10,13,16,20H,6,9,11H2,1-3H3;1H. The molecule has 2 atom stereocenters. The smallest absolute Gasteiger partial charge is 0.264 e. The van der Waals surface area contributed by atoms with Crippen LogP contribution in [0.2, 0.25) is 5.02 Å². The van der Waals surface area contributed by atoms with Crippen LogP contribution >= 0.6 is 24.0 Å². The summed E-state index contributed by atoms with van der Waals surface area (Å²) < 4.78 is 7.81. The van der Waals surface area contributed by atoms with Gasteiger partial charge < -0.3 is 19.5 Å². The van der Waals surface area contributed by atoms with Gasteiger partial charge in [-0.05, 0) is 37.6 Å². The quantitative estimate of drug-likeness (QED) is 0.859. The summed E-state index contributed by atoms with van der Waals surface area (Å²) in [5.74, 6) is 1.48. The van der Waals surface area contributed by atoms with Gasteiger partial charge >= 0.3 is 0 Å². The van der Waals surface area contributed by atoms with Crippen molar-refractivity contribution in [3.05, 3.63) is 47.0 Å². The van der Waals surface area contributed by atoms with E-state index in [4.69, 9.17) is 16.3 Å². The summed E-state index contributed by atoms with van der Waals surface area (Å²) in [7, 11) is 1.94. The highest BCUT2D eigenvalue weighted by Gasteiger charge is 2.33. The Hall–Kier alpha value is -1.76. The number of rotatable bonds is 4. The summed E-state index contributed by atoms with van der Waals surface area (Å²) in [4.78, 5) is 19.2. The van der Waals surface area contributed by atoms with E-state index in [1.54, 1.807) is 25.3 Å². The van der Waals surface area contributed by atoms with E-state index in [1.165, 1.54) is 0 Å². The van der Waals surface area contributed by atoms with Crippen molar-refractivity contribution in [3.8, 4) is 5.75 Å². The lowest BCUT2D eigenvalue weighted by molar-refractivity contribution is -0.141. The number of ether oxygens (including phenoxy) is 1. The Morgan fingerprint density at radius 3 is 2.88 bits per heavy atom. The number of carbonyl (C=O) groups is 1. The zero-order valence-corrected chi connectivity index (χ0v) is 16.7. The Morgan fingerprint density at radius 1 is 1.46 bits per heavy atom. The molecule has 0 radical (unpaired) electrons. The summed E-state index contributed by atoms with van der Waals surface area (Å²) in [5, 5.41) is 4.02. The second kappa shape index (κ2) is 8.75. The van der Waals surface area contributed by atoms with Crippen LogP contribution in [0, 0.1) is 6.92 Å². The minimum Gasteiger partial charge on any atom is -0.481 e. The summed E-state index contributed by atoms with van der Waals surface area (Å²) >= 11 is 6.05. The number of hydrogen-bond acceptors (Lipinski definition) is 4. The van der Waals surface area contributed by atoms with Crippen LogP contribution in [0.25, 0.3) is 0 Å². The van der Waals surface area contributed by atoms with E-state index in [0.29, 0.717) is 23.9 Å². The first-order valence-electron chi connectivity index (χ1n) is 8.38. The van der Waals surface area contributed by atoms with E-state index in [-0.39, 0.29) is 24.4 Å². The molecule has 142 valence electrons. The van der Waals surface area contributed by atoms with E-state index >= 15 is 0 Å². The molecule has 2 heterocycles. The van der Waals surface area contributed by atoms with Gasteiger partial charge in [0.25, 0.3) is 5.91 Å². The molecule has 0 bridgehead atoms. The van der Waals surface area contributed by atoms with Gasteiger partial charge in [0, 0.05) is 44.1 Å². The number of nitrogens with one attached hydrogen (secondary N) is 1. The maximum atomic E-state index is 13.0. The van der Waals surface area contributed by atoms with Crippen molar-refractivity contribution >= 4 is 29.9 Å². The molecule has 1 saturated heterocycles. The molecule has 2 unspecified atom stereocenters. The molecule has 0 aliphatic carbocycles. The molecular formula is C18H24Cl2N4O2. The van der Waals surface area contributed by atoms with E-state index < -0.39 is 6.10 Å². The summed E-state index contributed by atoms with van der Waals surface area (Å²) in [5.41, 5.74) is 0.923. The molecule has 1 aliphatic heterocycles. The number of nitrogens with zero attached hydrogens (tertiary/aromatic N) is 3. The summed E-state index contributed by atoms with van der Waals surface area (Å²) in [6.45, 7) is 5.77. The fourth-order valence-electron chi connectivity index (χ4n) is 3.08. The lowest BCUT2D eigenvalue weighted by Gasteiger charge is -2.37. The molecule has 2 aromatic rings. The summed E-state index contributed by atoms with van der Waals surface area (Å²) in [6, 6.07) is 5.32. The number of imidazole rings is 1. The maximum Gasteiger partial charge on any atom is 0.264 e. The van der Waals surface area contributed by atoms with Gasteiger partial charge in [0.2, 0.25) is 0 Å². The predicted octanol–water partition coefficient (Wildman–Crippen LogP) is 2.74. The first kappa shape index (κ1) is 20.6. The van der Waals surface area contributed by atoms with Crippen molar-refractivity contribution in [2.45, 2.75) is 26.0 Å². The Bertz CT molecular complexity index is 765. The topological polar surface area (TPSA) is 59.4 Å². The Kier molecular flexibility index (Phi) is 6.92. The fourth-order valence-corrected chi connectivity index (χ4v) is 3.19.